The van der Waals surface area contributed by atoms with E-state index in [9.17, 15) is 4.79 Å². The molecule has 2 nitrogen and oxygen atoms in total. The zero-order valence-electron chi connectivity index (χ0n) is 12.8. The fraction of sp³-hybridized carbons (Fsp3) is 0.150. The number of benzene rings is 3. The van der Waals surface area contributed by atoms with E-state index in [1.54, 1.807) is 0 Å². The molecule has 0 aromatic heterocycles. The lowest BCUT2D eigenvalue weighted by atomic mass is 9.92. The summed E-state index contributed by atoms with van der Waals surface area (Å²) in [5.41, 5.74) is 3.78. The van der Waals surface area contributed by atoms with Crippen molar-refractivity contribution in [3.63, 3.8) is 0 Å². The number of esters is 1. The smallest absolute Gasteiger partial charge is 0.338 e. The number of carbonyl (C=O) groups is 1. The van der Waals surface area contributed by atoms with Gasteiger partial charge in [-0.1, -0.05) is 54.6 Å². The normalized spacial score (nSPS) is 10.6. The van der Waals surface area contributed by atoms with Crippen molar-refractivity contribution in [3.05, 3.63) is 71.8 Å². The minimum atomic E-state index is -0.273. The Balaban J connectivity index is 2.20. The molecule has 0 amide bonds. The molecule has 3 aromatic rings. The van der Waals surface area contributed by atoms with E-state index in [1.165, 1.54) is 16.3 Å². The quantitative estimate of drug-likeness (QED) is 0.635. The zero-order chi connectivity index (χ0) is 15.5. The van der Waals surface area contributed by atoms with Gasteiger partial charge in [-0.15, -0.1) is 0 Å². The largest absolute Gasteiger partial charge is 0.462 e. The highest BCUT2D eigenvalue weighted by Crippen LogP contribution is 2.32. The molecule has 0 aliphatic heterocycles. The monoisotopic (exact) mass is 290 g/mol. The molecule has 0 fully saturated rings. The predicted molar refractivity (Wildman–Crippen MR) is 90.1 cm³/mol. The van der Waals surface area contributed by atoms with E-state index >= 15 is 0 Å². The Morgan fingerprint density at radius 2 is 1.64 bits per heavy atom. The van der Waals surface area contributed by atoms with Crippen LogP contribution in [0.2, 0.25) is 0 Å². The van der Waals surface area contributed by atoms with Gasteiger partial charge in [-0.25, -0.2) is 4.79 Å². The maximum Gasteiger partial charge on any atom is 0.338 e. The minimum Gasteiger partial charge on any atom is -0.462 e. The van der Waals surface area contributed by atoms with E-state index < -0.39 is 0 Å². The number of fused-ring (bicyclic) bond motifs is 1. The maximum absolute atomic E-state index is 12.2. The molecule has 0 saturated heterocycles. The van der Waals surface area contributed by atoms with Crippen LogP contribution in [0.15, 0.2) is 60.7 Å². The Hall–Kier alpha value is -2.61. The Bertz CT molecular complexity index is 834. The van der Waals surface area contributed by atoms with Crippen molar-refractivity contribution in [2.24, 2.45) is 0 Å². The van der Waals surface area contributed by atoms with Crippen LogP contribution < -0.4 is 0 Å². The fourth-order valence-electron chi connectivity index (χ4n) is 2.82. The van der Waals surface area contributed by atoms with E-state index in [-0.39, 0.29) is 5.97 Å². The maximum atomic E-state index is 12.2. The molecule has 0 N–H and O–H groups in total. The number of hydrogen-bond acceptors (Lipinski definition) is 2. The summed E-state index contributed by atoms with van der Waals surface area (Å²) in [5, 5.41) is 2.41. The van der Waals surface area contributed by atoms with Crippen LogP contribution in [0.3, 0.4) is 0 Å². The second-order valence-corrected chi connectivity index (χ2v) is 5.23. The lowest BCUT2D eigenvalue weighted by Crippen LogP contribution is -2.06. The van der Waals surface area contributed by atoms with Crippen LogP contribution in [-0.4, -0.2) is 12.6 Å². The lowest BCUT2D eigenvalue weighted by molar-refractivity contribution is 0.0527. The number of ether oxygens (including phenoxy) is 1. The molecule has 2 heteroatoms. The lowest BCUT2D eigenvalue weighted by Gasteiger charge is -2.13. The molecule has 0 aliphatic carbocycles. The van der Waals surface area contributed by atoms with Crippen molar-refractivity contribution in [1.82, 2.24) is 0 Å². The van der Waals surface area contributed by atoms with E-state index in [2.05, 4.69) is 31.2 Å². The van der Waals surface area contributed by atoms with Gasteiger partial charge in [-0.3, -0.25) is 0 Å². The van der Waals surface area contributed by atoms with Crippen molar-refractivity contribution < 1.29 is 9.53 Å². The van der Waals surface area contributed by atoms with Crippen LogP contribution in [0.25, 0.3) is 21.9 Å². The third-order valence-corrected chi connectivity index (χ3v) is 3.91. The van der Waals surface area contributed by atoms with Crippen molar-refractivity contribution in [2.45, 2.75) is 13.8 Å². The summed E-state index contributed by atoms with van der Waals surface area (Å²) in [4.78, 5) is 12.2. The standard InChI is InChI=1S/C20H18O2/c1-3-22-20(21)19-11-7-6-10-18(19)17-13-12-15-8-4-5-9-16(15)14(17)2/h4-13H,3H2,1-2H3. The summed E-state index contributed by atoms with van der Waals surface area (Å²) >= 11 is 0. The first-order valence-corrected chi connectivity index (χ1v) is 7.47. The predicted octanol–water partition coefficient (Wildman–Crippen LogP) is 4.99. The van der Waals surface area contributed by atoms with Crippen LogP contribution in [0.5, 0.6) is 0 Å². The molecule has 3 aromatic carbocycles. The van der Waals surface area contributed by atoms with Gasteiger partial charge >= 0.3 is 5.97 Å². The highest BCUT2D eigenvalue weighted by Gasteiger charge is 2.15. The molecule has 0 atom stereocenters. The van der Waals surface area contributed by atoms with Crippen molar-refractivity contribution in [2.75, 3.05) is 6.61 Å². The van der Waals surface area contributed by atoms with Crippen LogP contribution in [0.1, 0.15) is 22.8 Å². The van der Waals surface area contributed by atoms with Gasteiger partial charge in [0, 0.05) is 0 Å². The second kappa shape index (κ2) is 6.02. The molecular formula is C20H18O2. The van der Waals surface area contributed by atoms with Gasteiger partial charge in [0.2, 0.25) is 0 Å². The summed E-state index contributed by atoms with van der Waals surface area (Å²) < 4.78 is 5.18. The van der Waals surface area contributed by atoms with Crippen molar-refractivity contribution in [1.29, 1.82) is 0 Å². The van der Waals surface area contributed by atoms with Gasteiger partial charge in [-0.2, -0.15) is 0 Å². The molecule has 3 rings (SSSR count). The Labute approximate surface area is 130 Å². The molecule has 0 aliphatic rings. The molecular weight excluding hydrogens is 272 g/mol. The minimum absolute atomic E-state index is 0.273. The van der Waals surface area contributed by atoms with Crippen LogP contribution in [0, 0.1) is 6.92 Å². The van der Waals surface area contributed by atoms with E-state index in [1.807, 2.05) is 43.3 Å². The summed E-state index contributed by atoms with van der Waals surface area (Å²) in [6.45, 7) is 4.30. The van der Waals surface area contributed by atoms with E-state index in [0.29, 0.717) is 12.2 Å². The Morgan fingerprint density at radius 3 is 2.45 bits per heavy atom. The van der Waals surface area contributed by atoms with Gasteiger partial charge in [-0.05, 0) is 47.4 Å². The molecule has 0 saturated carbocycles. The third kappa shape index (κ3) is 2.48. The summed E-state index contributed by atoms with van der Waals surface area (Å²) in [5.74, 6) is -0.273. The van der Waals surface area contributed by atoms with Crippen LogP contribution in [0.4, 0.5) is 0 Å². The van der Waals surface area contributed by atoms with E-state index in [4.69, 9.17) is 4.74 Å². The molecule has 0 heterocycles. The average Bonchev–Trinajstić information content (AvgIpc) is 2.56. The van der Waals surface area contributed by atoms with E-state index in [0.717, 1.165) is 11.1 Å². The SMILES string of the molecule is CCOC(=O)c1ccccc1-c1ccc2ccccc2c1C. The molecule has 22 heavy (non-hydrogen) atoms. The van der Waals surface area contributed by atoms with Gasteiger partial charge in [0.1, 0.15) is 0 Å². The number of carbonyl (C=O) groups excluding carboxylic acids is 1. The van der Waals surface area contributed by atoms with Gasteiger partial charge < -0.3 is 4.74 Å². The molecule has 110 valence electrons. The second-order valence-electron chi connectivity index (χ2n) is 5.23. The first-order valence-electron chi connectivity index (χ1n) is 7.47. The number of rotatable bonds is 3. The summed E-state index contributed by atoms with van der Waals surface area (Å²) in [7, 11) is 0. The number of hydrogen-bond donors (Lipinski definition) is 0. The fourth-order valence-corrected chi connectivity index (χ4v) is 2.82. The summed E-state index contributed by atoms with van der Waals surface area (Å²) in [6.07, 6.45) is 0. The first kappa shape index (κ1) is 14.3. The van der Waals surface area contributed by atoms with Crippen molar-refractivity contribution >= 4 is 16.7 Å². The molecule has 0 unspecified atom stereocenters. The van der Waals surface area contributed by atoms with Crippen molar-refractivity contribution in [3.8, 4) is 11.1 Å². The average molecular weight is 290 g/mol. The molecule has 0 spiro atoms. The molecule has 0 radical (unpaired) electrons. The zero-order valence-corrected chi connectivity index (χ0v) is 12.8. The molecule has 0 bridgehead atoms. The Morgan fingerprint density at radius 1 is 0.909 bits per heavy atom. The third-order valence-electron chi connectivity index (χ3n) is 3.91. The highest BCUT2D eigenvalue weighted by atomic mass is 16.5. The summed E-state index contributed by atoms with van der Waals surface area (Å²) in [6, 6.07) is 20.1. The van der Waals surface area contributed by atoms with Crippen LogP contribution >= 0.6 is 0 Å². The topological polar surface area (TPSA) is 26.3 Å². The van der Waals surface area contributed by atoms with Gasteiger partial charge in [0.15, 0.2) is 0 Å². The van der Waals surface area contributed by atoms with Gasteiger partial charge in [0.25, 0.3) is 0 Å². The van der Waals surface area contributed by atoms with Gasteiger partial charge in [0.05, 0.1) is 12.2 Å². The number of aryl methyl sites for hydroxylation is 1. The Kier molecular flexibility index (Phi) is 3.92. The first-order chi connectivity index (χ1) is 10.7. The highest BCUT2D eigenvalue weighted by molar-refractivity contribution is 6.00. The van der Waals surface area contributed by atoms with Crippen LogP contribution in [-0.2, 0) is 4.74 Å².